The number of halogens is 2. The first kappa shape index (κ1) is 25.1. The largest absolute Gasteiger partial charge is 0.389 e. The first-order chi connectivity index (χ1) is 17.3. The number of aromatic nitrogens is 3. The summed E-state index contributed by atoms with van der Waals surface area (Å²) in [5, 5.41) is 21.7. The molecule has 2 aromatic heterocycles. The number of β-amino-alcohol motifs (C(OH)–C–C–N with tert-alkyl or cyclic N) is 1. The molecule has 11 heteroatoms. The van der Waals surface area contributed by atoms with Gasteiger partial charge >= 0.3 is 0 Å². The van der Waals surface area contributed by atoms with Gasteiger partial charge in [0.1, 0.15) is 5.52 Å². The van der Waals surface area contributed by atoms with Crippen LogP contribution >= 0.6 is 23.2 Å². The highest BCUT2D eigenvalue weighted by molar-refractivity contribution is 6.35. The molecule has 4 atom stereocenters. The van der Waals surface area contributed by atoms with Crippen LogP contribution in [0.4, 0.5) is 11.8 Å². The van der Waals surface area contributed by atoms with Crippen LogP contribution in [0.5, 0.6) is 0 Å². The Morgan fingerprint density at radius 2 is 2.08 bits per heavy atom. The highest BCUT2D eigenvalue weighted by Gasteiger charge is 2.33. The Hall–Kier alpha value is -2.59. The maximum atomic E-state index is 12.5. The maximum absolute atomic E-state index is 12.5. The normalized spacial score (nSPS) is 23.1. The van der Waals surface area contributed by atoms with Gasteiger partial charge in [0.05, 0.1) is 29.7 Å². The molecule has 5 rings (SSSR count). The highest BCUT2D eigenvalue weighted by atomic mass is 35.5. The van der Waals surface area contributed by atoms with Crippen LogP contribution in [0.1, 0.15) is 37.8 Å². The summed E-state index contributed by atoms with van der Waals surface area (Å²) in [5.74, 6) is 1.18. The predicted octanol–water partition coefficient (Wildman–Crippen LogP) is 3.26. The monoisotopic (exact) mass is 531 g/mol. The molecule has 1 amide bonds. The molecule has 3 aromatic rings. The molecule has 2 aliphatic heterocycles. The Balaban J connectivity index is 1.35. The van der Waals surface area contributed by atoms with Crippen LogP contribution in [-0.4, -0.2) is 63.4 Å². The van der Waals surface area contributed by atoms with Gasteiger partial charge in [0.2, 0.25) is 11.9 Å². The van der Waals surface area contributed by atoms with Gasteiger partial charge in [-0.2, -0.15) is 4.98 Å². The lowest BCUT2D eigenvalue weighted by Crippen LogP contribution is -2.56. The smallest absolute Gasteiger partial charge is 0.237 e. The van der Waals surface area contributed by atoms with Crippen LogP contribution in [-0.2, 0) is 11.8 Å². The van der Waals surface area contributed by atoms with E-state index in [0.717, 1.165) is 36.0 Å². The molecule has 0 spiro atoms. The number of aryl methyl sites for hydroxylation is 1. The van der Waals surface area contributed by atoms with Crippen molar-refractivity contribution in [3.05, 3.63) is 46.1 Å². The molecule has 192 valence electrons. The summed E-state index contributed by atoms with van der Waals surface area (Å²) in [5.41, 5.74) is 2.59. The van der Waals surface area contributed by atoms with Crippen molar-refractivity contribution >= 4 is 51.9 Å². The number of nitrogens with one attached hydrogen (secondary N) is 3. The van der Waals surface area contributed by atoms with E-state index in [0.29, 0.717) is 41.3 Å². The number of carbonyl (C=O) groups is 1. The SMILES string of the molecule is C[C@@H](Nc1nc(N2CC[C@H](NC(=O)[C@H]3CCCN3)[C@H](O)C2)nc2ccn(C)c12)c1ccc(Cl)cc1Cl. The molecule has 0 saturated carbocycles. The lowest BCUT2D eigenvalue weighted by Gasteiger charge is -2.36. The van der Waals surface area contributed by atoms with E-state index in [1.165, 1.54) is 0 Å². The van der Waals surface area contributed by atoms with Gasteiger partial charge in [0.15, 0.2) is 5.82 Å². The average Bonchev–Trinajstić information content (AvgIpc) is 3.51. The second-order valence-corrected chi connectivity index (χ2v) is 10.5. The van der Waals surface area contributed by atoms with E-state index in [4.69, 9.17) is 33.2 Å². The maximum Gasteiger partial charge on any atom is 0.237 e. The zero-order chi connectivity index (χ0) is 25.4. The van der Waals surface area contributed by atoms with Crippen molar-refractivity contribution in [2.45, 2.75) is 50.4 Å². The molecule has 0 unspecified atom stereocenters. The van der Waals surface area contributed by atoms with Crippen molar-refractivity contribution in [1.29, 1.82) is 0 Å². The van der Waals surface area contributed by atoms with Crippen molar-refractivity contribution in [2.24, 2.45) is 7.05 Å². The standard InChI is InChI=1S/C25H31Cl2N7O2/c1-14(16-6-5-15(26)12-17(16)27)29-23-22-19(7-10-33(22)2)31-25(32-23)34-11-8-18(21(35)13-34)30-24(36)20-4-3-9-28-20/h5-7,10,12,14,18,20-21,28,35H,3-4,8-9,11,13H2,1-2H3,(H,30,36)(H,29,31,32)/t14-,18+,20-,21-/m1/s1. The number of rotatable bonds is 6. The molecule has 0 bridgehead atoms. The molecular weight excluding hydrogens is 501 g/mol. The molecule has 1 aromatic carbocycles. The minimum absolute atomic E-state index is 0.0340. The molecule has 4 heterocycles. The summed E-state index contributed by atoms with van der Waals surface area (Å²) >= 11 is 12.5. The highest BCUT2D eigenvalue weighted by Crippen LogP contribution is 2.32. The quantitative estimate of drug-likeness (QED) is 0.386. The predicted molar refractivity (Wildman–Crippen MR) is 143 cm³/mol. The van der Waals surface area contributed by atoms with Gasteiger partial charge in [0, 0.05) is 36.4 Å². The van der Waals surface area contributed by atoms with Gasteiger partial charge in [-0.05, 0) is 56.5 Å². The van der Waals surface area contributed by atoms with Gasteiger partial charge in [0.25, 0.3) is 0 Å². The van der Waals surface area contributed by atoms with E-state index in [-0.39, 0.29) is 24.0 Å². The Morgan fingerprint density at radius 1 is 1.25 bits per heavy atom. The average molecular weight is 532 g/mol. The third-order valence-electron chi connectivity index (χ3n) is 7.06. The second-order valence-electron chi connectivity index (χ2n) is 9.63. The number of carbonyl (C=O) groups excluding carboxylic acids is 1. The fourth-order valence-corrected chi connectivity index (χ4v) is 5.60. The molecular formula is C25H31Cl2N7O2. The molecule has 0 aliphatic carbocycles. The van der Waals surface area contributed by atoms with Gasteiger partial charge < -0.3 is 30.5 Å². The summed E-state index contributed by atoms with van der Waals surface area (Å²) in [4.78, 5) is 24.1. The molecule has 4 N–H and O–H groups in total. The van der Waals surface area contributed by atoms with Gasteiger partial charge in [-0.1, -0.05) is 29.3 Å². The summed E-state index contributed by atoms with van der Waals surface area (Å²) in [6.07, 6.45) is 3.66. The topological polar surface area (TPSA) is 107 Å². The lowest BCUT2D eigenvalue weighted by atomic mass is 10.0. The van der Waals surface area contributed by atoms with Crippen molar-refractivity contribution in [3.63, 3.8) is 0 Å². The van der Waals surface area contributed by atoms with E-state index in [9.17, 15) is 9.90 Å². The van der Waals surface area contributed by atoms with E-state index >= 15 is 0 Å². The van der Waals surface area contributed by atoms with Crippen LogP contribution in [0.25, 0.3) is 11.0 Å². The molecule has 2 saturated heterocycles. The summed E-state index contributed by atoms with van der Waals surface area (Å²) in [6.45, 7) is 3.83. The minimum Gasteiger partial charge on any atom is -0.389 e. The second kappa shape index (κ2) is 10.4. The first-order valence-corrected chi connectivity index (χ1v) is 13.1. The number of aliphatic hydroxyl groups excluding tert-OH is 1. The van der Waals surface area contributed by atoms with Gasteiger partial charge in [-0.25, -0.2) is 4.98 Å². The number of aliphatic hydroxyl groups is 1. The van der Waals surface area contributed by atoms with Crippen molar-refractivity contribution in [3.8, 4) is 0 Å². The van der Waals surface area contributed by atoms with Crippen molar-refractivity contribution in [1.82, 2.24) is 25.2 Å². The van der Waals surface area contributed by atoms with Crippen LogP contribution in [0.2, 0.25) is 10.0 Å². The molecule has 9 nitrogen and oxygen atoms in total. The number of benzene rings is 1. The number of amides is 1. The van der Waals surface area contributed by atoms with Gasteiger partial charge in [-0.3, -0.25) is 4.79 Å². The lowest BCUT2D eigenvalue weighted by molar-refractivity contribution is -0.124. The fourth-order valence-electron chi connectivity index (χ4n) is 5.03. The number of nitrogens with zero attached hydrogens (tertiary/aromatic N) is 4. The van der Waals surface area contributed by atoms with Crippen LogP contribution < -0.4 is 20.9 Å². The van der Waals surface area contributed by atoms with E-state index in [2.05, 4.69) is 16.0 Å². The zero-order valence-corrected chi connectivity index (χ0v) is 21.9. The first-order valence-electron chi connectivity index (χ1n) is 12.3. The Morgan fingerprint density at radius 3 is 2.81 bits per heavy atom. The summed E-state index contributed by atoms with van der Waals surface area (Å²) in [7, 11) is 1.95. The fraction of sp³-hybridized carbons (Fsp3) is 0.480. The third kappa shape index (κ3) is 5.11. The molecule has 2 fully saturated rings. The number of piperidine rings is 1. The molecule has 2 aliphatic rings. The zero-order valence-electron chi connectivity index (χ0n) is 20.3. The van der Waals surface area contributed by atoms with Crippen LogP contribution in [0.3, 0.4) is 0 Å². The number of fused-ring (bicyclic) bond motifs is 1. The summed E-state index contributed by atoms with van der Waals surface area (Å²) < 4.78 is 1.98. The Kier molecular flexibility index (Phi) is 7.25. The van der Waals surface area contributed by atoms with Crippen molar-refractivity contribution < 1.29 is 9.90 Å². The van der Waals surface area contributed by atoms with E-state index < -0.39 is 6.10 Å². The van der Waals surface area contributed by atoms with Crippen molar-refractivity contribution in [2.75, 3.05) is 29.9 Å². The van der Waals surface area contributed by atoms with Gasteiger partial charge in [-0.15, -0.1) is 0 Å². The van der Waals surface area contributed by atoms with Crippen LogP contribution in [0.15, 0.2) is 30.5 Å². The Bertz CT molecular complexity index is 1260. The summed E-state index contributed by atoms with van der Waals surface area (Å²) in [6, 6.07) is 6.81. The number of anilines is 2. The minimum atomic E-state index is -0.720. The van der Waals surface area contributed by atoms with Crippen LogP contribution in [0, 0.1) is 0 Å². The number of hydrogen-bond acceptors (Lipinski definition) is 7. The Labute approximate surface area is 220 Å². The number of hydrogen-bond donors (Lipinski definition) is 4. The molecule has 0 radical (unpaired) electrons. The van der Waals surface area contributed by atoms with E-state index in [1.54, 1.807) is 6.07 Å². The molecule has 36 heavy (non-hydrogen) atoms. The third-order valence-corrected chi connectivity index (χ3v) is 7.62. The van der Waals surface area contributed by atoms with E-state index in [1.807, 2.05) is 47.8 Å².